The first kappa shape index (κ1) is 19.6. The number of ether oxygens (including phenoxy) is 1. The van der Waals surface area contributed by atoms with Crippen LogP contribution in [0, 0.1) is 22.7 Å². The Morgan fingerprint density at radius 2 is 1.87 bits per heavy atom. The van der Waals surface area contributed by atoms with E-state index in [2.05, 4.69) is 39.1 Å². The fraction of sp³-hybridized carbons (Fsp3) is 0.769. The highest BCUT2D eigenvalue weighted by Gasteiger charge is 2.79. The molecule has 1 aliphatic heterocycles. The van der Waals surface area contributed by atoms with Gasteiger partial charge in [-0.25, -0.2) is 0 Å². The lowest BCUT2D eigenvalue weighted by Gasteiger charge is -2.76. The van der Waals surface area contributed by atoms with E-state index < -0.39 is 5.60 Å². The Hall–Kier alpha value is -1.10. The standard InChI is InChI=1S/C26H37NO3/c1-22(2,3)23(4,29)19-14-24-8-9-26(19,30-5)18-13-16-17(28)7-6-15-12-20(24)27-11-10-25(18,24)21(15)16/h6-7,18-20,27-29H,8-14H2,1-5H3/t18-,19-,20-,23+,24-,25-,26-/m1/s1. The molecule has 7 rings (SSSR count). The van der Waals surface area contributed by atoms with Crippen LogP contribution in [0.15, 0.2) is 12.1 Å². The van der Waals surface area contributed by atoms with Gasteiger partial charge in [-0.2, -0.15) is 0 Å². The summed E-state index contributed by atoms with van der Waals surface area (Å²) in [7, 11) is 1.88. The molecule has 4 bridgehead atoms. The van der Waals surface area contributed by atoms with Crippen LogP contribution in [-0.2, 0) is 23.0 Å². The molecule has 4 heteroatoms. The average molecular weight is 412 g/mol. The molecule has 0 amide bonds. The number of methoxy groups -OCH3 is 1. The maximum atomic E-state index is 12.0. The Labute approximate surface area is 180 Å². The van der Waals surface area contributed by atoms with Crippen LogP contribution < -0.4 is 5.32 Å². The SMILES string of the molecule is CO[C@@]12CC[C@@]3(C[C@@H]1[C@](C)(O)C(C)(C)C)[C@H]1Cc4ccc(O)c5c4[C@@]3(CCN1)[C@H]2C5. The number of piperidine rings is 1. The molecular formula is C26H37NO3. The summed E-state index contributed by atoms with van der Waals surface area (Å²) in [6, 6.07) is 4.54. The molecule has 5 aliphatic carbocycles. The Morgan fingerprint density at radius 1 is 1.10 bits per heavy atom. The highest BCUT2D eigenvalue weighted by Crippen LogP contribution is 2.78. The molecule has 7 atom stereocenters. The van der Waals surface area contributed by atoms with Gasteiger partial charge in [0.05, 0.1) is 11.2 Å². The van der Waals surface area contributed by atoms with Gasteiger partial charge in [0.1, 0.15) is 5.75 Å². The molecule has 2 spiro atoms. The predicted molar refractivity (Wildman–Crippen MR) is 117 cm³/mol. The Morgan fingerprint density at radius 3 is 2.57 bits per heavy atom. The van der Waals surface area contributed by atoms with Crippen LogP contribution in [0.25, 0.3) is 0 Å². The molecule has 4 nitrogen and oxygen atoms in total. The first-order chi connectivity index (χ1) is 14.1. The molecular weight excluding hydrogens is 374 g/mol. The minimum Gasteiger partial charge on any atom is -0.508 e. The summed E-state index contributed by atoms with van der Waals surface area (Å²) >= 11 is 0. The van der Waals surface area contributed by atoms with Gasteiger partial charge in [0.15, 0.2) is 0 Å². The van der Waals surface area contributed by atoms with Crippen LogP contribution >= 0.6 is 0 Å². The number of phenolic OH excluding ortho intramolecular Hbond substituents is 1. The molecule has 1 heterocycles. The molecule has 1 saturated heterocycles. The predicted octanol–water partition coefficient (Wildman–Crippen LogP) is 3.70. The van der Waals surface area contributed by atoms with Gasteiger partial charge in [0, 0.05) is 30.4 Å². The topological polar surface area (TPSA) is 61.7 Å². The zero-order valence-corrected chi connectivity index (χ0v) is 19.1. The molecule has 3 N–H and O–H groups in total. The number of rotatable bonds is 2. The van der Waals surface area contributed by atoms with E-state index in [9.17, 15) is 10.2 Å². The number of aliphatic hydroxyl groups is 1. The molecule has 1 aromatic carbocycles. The number of phenols is 1. The van der Waals surface area contributed by atoms with Gasteiger partial charge in [-0.15, -0.1) is 0 Å². The van der Waals surface area contributed by atoms with Gasteiger partial charge in [-0.3, -0.25) is 0 Å². The van der Waals surface area contributed by atoms with Crippen molar-refractivity contribution in [1.29, 1.82) is 0 Å². The van der Waals surface area contributed by atoms with E-state index in [0.717, 1.165) is 45.1 Å². The number of benzene rings is 1. The van der Waals surface area contributed by atoms with Crippen molar-refractivity contribution < 1.29 is 14.9 Å². The second kappa shape index (κ2) is 5.44. The van der Waals surface area contributed by atoms with Gasteiger partial charge in [-0.05, 0) is 85.6 Å². The van der Waals surface area contributed by atoms with Gasteiger partial charge < -0.3 is 20.3 Å². The van der Waals surface area contributed by atoms with Crippen molar-refractivity contribution >= 4 is 0 Å². The van der Waals surface area contributed by atoms with E-state index in [1.165, 1.54) is 16.7 Å². The molecule has 0 radical (unpaired) electrons. The van der Waals surface area contributed by atoms with Gasteiger partial charge in [0.25, 0.3) is 0 Å². The van der Waals surface area contributed by atoms with Crippen molar-refractivity contribution in [1.82, 2.24) is 5.32 Å². The Balaban J connectivity index is 1.65. The Bertz CT molecular complexity index is 933. The van der Waals surface area contributed by atoms with Crippen molar-refractivity contribution in [2.45, 2.75) is 88.9 Å². The van der Waals surface area contributed by atoms with Crippen LogP contribution in [0.2, 0.25) is 0 Å². The summed E-state index contributed by atoms with van der Waals surface area (Å²) in [6.07, 6.45) is 6.21. The summed E-state index contributed by atoms with van der Waals surface area (Å²) < 4.78 is 6.58. The van der Waals surface area contributed by atoms with Crippen LogP contribution in [0.3, 0.4) is 0 Å². The third-order valence-corrected chi connectivity index (χ3v) is 11.0. The number of hydrogen-bond acceptors (Lipinski definition) is 4. The number of aromatic hydroxyl groups is 1. The quantitative estimate of drug-likeness (QED) is 0.694. The minimum absolute atomic E-state index is 0.0727. The number of nitrogens with one attached hydrogen (secondary N) is 1. The lowest BCUT2D eigenvalue weighted by Crippen LogP contribution is -2.80. The summed E-state index contributed by atoms with van der Waals surface area (Å²) in [4.78, 5) is 0. The maximum absolute atomic E-state index is 12.0. The molecule has 3 saturated carbocycles. The summed E-state index contributed by atoms with van der Waals surface area (Å²) in [5.74, 6) is 0.875. The fourth-order valence-electron chi connectivity index (χ4n) is 9.30. The molecule has 0 aromatic heterocycles. The average Bonchev–Trinajstić information content (AvgIpc) is 3.05. The van der Waals surface area contributed by atoms with E-state index in [1.54, 1.807) is 0 Å². The number of fused-ring (bicyclic) bond motifs is 2. The zero-order valence-electron chi connectivity index (χ0n) is 19.1. The molecule has 4 fully saturated rings. The minimum atomic E-state index is -0.830. The second-order valence-electron chi connectivity index (χ2n) is 12.3. The van der Waals surface area contributed by atoms with E-state index >= 15 is 0 Å². The van der Waals surface area contributed by atoms with Gasteiger partial charge in [-0.1, -0.05) is 26.8 Å². The van der Waals surface area contributed by atoms with Gasteiger partial charge in [0.2, 0.25) is 0 Å². The van der Waals surface area contributed by atoms with Crippen molar-refractivity contribution in [3.63, 3.8) is 0 Å². The lowest BCUT2D eigenvalue weighted by atomic mass is 9.32. The summed E-state index contributed by atoms with van der Waals surface area (Å²) in [5, 5.41) is 26.8. The summed E-state index contributed by atoms with van der Waals surface area (Å²) in [6.45, 7) is 9.59. The largest absolute Gasteiger partial charge is 0.508 e. The normalized spacial score (nSPS) is 45.2. The highest BCUT2D eigenvalue weighted by molar-refractivity contribution is 5.59. The number of hydrogen-bond donors (Lipinski definition) is 3. The first-order valence-corrected chi connectivity index (χ1v) is 11.9. The smallest absolute Gasteiger partial charge is 0.119 e. The van der Waals surface area contributed by atoms with Crippen LogP contribution in [-0.4, -0.2) is 41.1 Å². The molecule has 30 heavy (non-hydrogen) atoms. The van der Waals surface area contributed by atoms with Gasteiger partial charge >= 0.3 is 0 Å². The third kappa shape index (κ3) is 1.81. The fourth-order valence-corrected chi connectivity index (χ4v) is 9.30. The van der Waals surface area contributed by atoms with E-state index in [1.807, 2.05) is 13.2 Å². The molecule has 1 aromatic rings. The molecule has 0 unspecified atom stereocenters. The summed E-state index contributed by atoms with van der Waals surface area (Å²) in [5.41, 5.74) is 2.89. The van der Waals surface area contributed by atoms with E-state index in [-0.39, 0.29) is 27.8 Å². The monoisotopic (exact) mass is 411 g/mol. The van der Waals surface area contributed by atoms with Crippen molar-refractivity contribution in [2.24, 2.45) is 22.7 Å². The highest BCUT2D eigenvalue weighted by atomic mass is 16.5. The van der Waals surface area contributed by atoms with Crippen molar-refractivity contribution in [3.8, 4) is 5.75 Å². The van der Waals surface area contributed by atoms with E-state index in [0.29, 0.717) is 17.7 Å². The lowest BCUT2D eigenvalue weighted by molar-refractivity contribution is -0.297. The van der Waals surface area contributed by atoms with Crippen molar-refractivity contribution in [3.05, 3.63) is 28.8 Å². The maximum Gasteiger partial charge on any atom is 0.119 e. The molecule has 164 valence electrons. The third-order valence-electron chi connectivity index (χ3n) is 11.0. The zero-order chi connectivity index (χ0) is 21.3. The van der Waals surface area contributed by atoms with Crippen LogP contribution in [0.5, 0.6) is 5.75 Å². The Kier molecular flexibility index (Phi) is 3.55. The van der Waals surface area contributed by atoms with Crippen LogP contribution in [0.1, 0.15) is 70.1 Å². The second-order valence-corrected chi connectivity index (χ2v) is 12.3. The molecule has 6 aliphatic rings. The van der Waals surface area contributed by atoms with Crippen LogP contribution in [0.4, 0.5) is 0 Å². The van der Waals surface area contributed by atoms with Crippen molar-refractivity contribution in [2.75, 3.05) is 13.7 Å². The van der Waals surface area contributed by atoms with E-state index in [4.69, 9.17) is 4.74 Å². The first-order valence-electron chi connectivity index (χ1n) is 11.9.